The van der Waals surface area contributed by atoms with Gasteiger partial charge in [0, 0.05) is 37.8 Å². The lowest BCUT2D eigenvalue weighted by molar-refractivity contribution is 0.0644. The number of rotatable bonds is 4. The zero-order valence-corrected chi connectivity index (χ0v) is 17.9. The highest BCUT2D eigenvalue weighted by Crippen LogP contribution is 2.33. The molecule has 3 unspecified atom stereocenters. The predicted octanol–water partition coefficient (Wildman–Crippen LogP) is 3.29. The molecule has 2 N–H and O–H groups in total. The van der Waals surface area contributed by atoms with Crippen LogP contribution in [0.15, 0.2) is 67.0 Å². The van der Waals surface area contributed by atoms with E-state index in [1.54, 1.807) is 10.9 Å². The van der Waals surface area contributed by atoms with E-state index < -0.39 is 0 Å². The van der Waals surface area contributed by atoms with Crippen LogP contribution in [0, 0.1) is 12.8 Å². The Hall–Kier alpha value is -2.96. The molecule has 2 aliphatic rings. The highest BCUT2D eigenvalue weighted by atomic mass is 16.2. The van der Waals surface area contributed by atoms with Crippen LogP contribution in [0.25, 0.3) is 5.69 Å². The number of para-hydroxylation sites is 1. The number of benzene rings is 2. The van der Waals surface area contributed by atoms with Crippen LogP contribution in [0.1, 0.15) is 40.2 Å². The number of hydrazine groups is 1. The molecule has 1 amide bonds. The Kier molecular flexibility index (Phi) is 5.57. The van der Waals surface area contributed by atoms with Crippen molar-refractivity contribution in [1.82, 2.24) is 25.5 Å². The quantitative estimate of drug-likeness (QED) is 0.686. The van der Waals surface area contributed by atoms with E-state index in [0.29, 0.717) is 23.4 Å². The second-order valence-electron chi connectivity index (χ2n) is 8.68. The number of nitrogens with one attached hydrogen (secondary N) is 2. The number of hydrogen-bond acceptors (Lipinski definition) is 4. The molecule has 5 rings (SSSR count). The molecule has 160 valence electrons. The zero-order valence-electron chi connectivity index (χ0n) is 17.9. The molecule has 31 heavy (non-hydrogen) atoms. The van der Waals surface area contributed by atoms with Gasteiger partial charge in [-0.3, -0.25) is 15.6 Å². The van der Waals surface area contributed by atoms with Gasteiger partial charge in [0.2, 0.25) is 0 Å². The fraction of sp³-hybridized carbons (Fsp3) is 0.360. The van der Waals surface area contributed by atoms with Crippen LogP contribution in [-0.4, -0.2) is 46.3 Å². The number of nitrogens with zero attached hydrogens (tertiary/aromatic N) is 3. The third kappa shape index (κ3) is 4.01. The number of amides is 1. The van der Waals surface area contributed by atoms with Crippen molar-refractivity contribution in [3.8, 4) is 5.69 Å². The van der Waals surface area contributed by atoms with E-state index in [4.69, 9.17) is 0 Å². The van der Waals surface area contributed by atoms with Crippen LogP contribution in [0.2, 0.25) is 0 Å². The third-order valence-corrected chi connectivity index (χ3v) is 6.72. The summed E-state index contributed by atoms with van der Waals surface area (Å²) in [7, 11) is 0. The second-order valence-corrected chi connectivity index (χ2v) is 8.68. The third-order valence-electron chi connectivity index (χ3n) is 6.72. The number of likely N-dealkylation sites (tertiary alicyclic amines) is 1. The molecule has 6 nitrogen and oxygen atoms in total. The Bertz CT molecular complexity index is 1050. The predicted molar refractivity (Wildman–Crippen MR) is 121 cm³/mol. The molecule has 6 heteroatoms. The summed E-state index contributed by atoms with van der Waals surface area (Å²) >= 11 is 0. The van der Waals surface area contributed by atoms with Gasteiger partial charge in [0.1, 0.15) is 0 Å². The standard InChI is InChI=1S/C25H29N5O/c1-18-8-5-6-12-22(18)23-15-26-28-24(23)19-9-7-13-29(16-19)25(31)20-14-27-30(17-20)21-10-3-2-4-11-21/h2-6,8,10-12,14,17,19,23-24,26,28H,7,9,13,15-16H2,1H3. The fourth-order valence-corrected chi connectivity index (χ4v) is 5.09. The highest BCUT2D eigenvalue weighted by molar-refractivity contribution is 5.93. The Morgan fingerprint density at radius 1 is 1.10 bits per heavy atom. The minimum absolute atomic E-state index is 0.0743. The van der Waals surface area contributed by atoms with Gasteiger partial charge in [-0.25, -0.2) is 4.68 Å². The molecule has 2 aliphatic heterocycles. The topological polar surface area (TPSA) is 62.2 Å². The van der Waals surface area contributed by atoms with E-state index in [0.717, 1.165) is 38.2 Å². The number of carbonyl (C=O) groups excluding carboxylic acids is 1. The van der Waals surface area contributed by atoms with Gasteiger partial charge in [0.25, 0.3) is 5.91 Å². The molecule has 2 saturated heterocycles. The summed E-state index contributed by atoms with van der Waals surface area (Å²) in [6, 6.07) is 18.9. The second kappa shape index (κ2) is 8.65. The molecule has 0 aliphatic carbocycles. The van der Waals surface area contributed by atoms with E-state index in [1.165, 1.54) is 11.1 Å². The maximum atomic E-state index is 13.2. The van der Waals surface area contributed by atoms with Gasteiger partial charge in [0.05, 0.1) is 17.4 Å². The van der Waals surface area contributed by atoms with Crippen molar-refractivity contribution in [1.29, 1.82) is 0 Å². The SMILES string of the molecule is Cc1ccccc1C1CNNC1C1CCCN(C(=O)c2cnn(-c3ccccc3)c2)C1. The van der Waals surface area contributed by atoms with E-state index >= 15 is 0 Å². The molecule has 3 aromatic rings. The van der Waals surface area contributed by atoms with Gasteiger partial charge < -0.3 is 4.90 Å². The lowest BCUT2D eigenvalue weighted by atomic mass is 9.80. The molecule has 0 radical (unpaired) electrons. The Morgan fingerprint density at radius 2 is 1.90 bits per heavy atom. The van der Waals surface area contributed by atoms with Gasteiger partial charge >= 0.3 is 0 Å². The molecule has 0 saturated carbocycles. The van der Waals surface area contributed by atoms with Crippen LogP contribution < -0.4 is 10.9 Å². The molecule has 3 atom stereocenters. The Balaban J connectivity index is 1.31. The van der Waals surface area contributed by atoms with E-state index in [-0.39, 0.29) is 5.91 Å². The van der Waals surface area contributed by atoms with Crippen LogP contribution in [-0.2, 0) is 0 Å². The summed E-state index contributed by atoms with van der Waals surface area (Å²) in [5, 5.41) is 4.41. The first kappa shape index (κ1) is 20.0. The number of hydrogen-bond donors (Lipinski definition) is 2. The average molecular weight is 416 g/mol. The molecule has 3 heterocycles. The Morgan fingerprint density at radius 3 is 2.74 bits per heavy atom. The molecular formula is C25H29N5O. The first-order valence-corrected chi connectivity index (χ1v) is 11.1. The summed E-state index contributed by atoms with van der Waals surface area (Å²) < 4.78 is 1.77. The highest BCUT2D eigenvalue weighted by Gasteiger charge is 2.38. The van der Waals surface area contributed by atoms with Crippen LogP contribution in [0.3, 0.4) is 0 Å². The van der Waals surface area contributed by atoms with Crippen LogP contribution >= 0.6 is 0 Å². The summed E-state index contributed by atoms with van der Waals surface area (Å²) in [6.45, 7) is 4.69. The largest absolute Gasteiger partial charge is 0.338 e. The monoisotopic (exact) mass is 415 g/mol. The number of aryl methyl sites for hydroxylation is 1. The van der Waals surface area contributed by atoms with Crippen molar-refractivity contribution < 1.29 is 4.79 Å². The first-order chi connectivity index (χ1) is 15.2. The molecule has 2 aromatic carbocycles. The lowest BCUT2D eigenvalue weighted by Crippen LogP contribution is -2.48. The Labute approximate surface area is 183 Å². The summed E-state index contributed by atoms with van der Waals surface area (Å²) in [5.41, 5.74) is 11.2. The summed E-state index contributed by atoms with van der Waals surface area (Å²) in [5.74, 6) is 0.911. The van der Waals surface area contributed by atoms with Crippen molar-refractivity contribution in [3.63, 3.8) is 0 Å². The summed E-state index contributed by atoms with van der Waals surface area (Å²) in [6.07, 6.45) is 5.69. The molecule has 0 spiro atoms. The van der Waals surface area contributed by atoms with Gasteiger partial charge in [-0.2, -0.15) is 5.10 Å². The maximum absolute atomic E-state index is 13.2. The van der Waals surface area contributed by atoms with Gasteiger partial charge in [0.15, 0.2) is 0 Å². The van der Waals surface area contributed by atoms with E-state index in [1.807, 2.05) is 41.4 Å². The fourth-order valence-electron chi connectivity index (χ4n) is 5.09. The first-order valence-electron chi connectivity index (χ1n) is 11.1. The van der Waals surface area contributed by atoms with Crippen molar-refractivity contribution in [3.05, 3.63) is 83.7 Å². The average Bonchev–Trinajstić information content (AvgIpc) is 3.50. The maximum Gasteiger partial charge on any atom is 0.257 e. The molecular weight excluding hydrogens is 386 g/mol. The molecule has 2 fully saturated rings. The zero-order chi connectivity index (χ0) is 21.2. The molecule has 0 bridgehead atoms. The van der Waals surface area contributed by atoms with E-state index in [2.05, 4.69) is 47.1 Å². The van der Waals surface area contributed by atoms with Crippen molar-refractivity contribution in [2.75, 3.05) is 19.6 Å². The van der Waals surface area contributed by atoms with Crippen molar-refractivity contribution in [2.24, 2.45) is 5.92 Å². The lowest BCUT2D eigenvalue weighted by Gasteiger charge is -2.37. The molecule has 1 aromatic heterocycles. The van der Waals surface area contributed by atoms with Gasteiger partial charge in [-0.05, 0) is 48.9 Å². The normalized spacial score (nSPS) is 23.8. The summed E-state index contributed by atoms with van der Waals surface area (Å²) in [4.78, 5) is 15.3. The number of carbonyl (C=O) groups is 1. The number of piperidine rings is 1. The minimum Gasteiger partial charge on any atom is -0.338 e. The van der Waals surface area contributed by atoms with Crippen LogP contribution in [0.4, 0.5) is 0 Å². The van der Waals surface area contributed by atoms with Crippen molar-refractivity contribution in [2.45, 2.75) is 31.7 Å². The van der Waals surface area contributed by atoms with Crippen molar-refractivity contribution >= 4 is 5.91 Å². The van der Waals surface area contributed by atoms with E-state index in [9.17, 15) is 4.79 Å². The van der Waals surface area contributed by atoms with Gasteiger partial charge in [-0.1, -0.05) is 42.5 Å². The smallest absolute Gasteiger partial charge is 0.257 e. The van der Waals surface area contributed by atoms with Crippen LogP contribution in [0.5, 0.6) is 0 Å². The number of aromatic nitrogens is 2. The van der Waals surface area contributed by atoms with Gasteiger partial charge in [-0.15, -0.1) is 0 Å². The minimum atomic E-state index is 0.0743.